The highest BCUT2D eigenvalue weighted by atomic mass is 79.9. The number of thiophene rings is 1. The van der Waals surface area contributed by atoms with Gasteiger partial charge in [-0.3, -0.25) is 0 Å². The van der Waals surface area contributed by atoms with Gasteiger partial charge in [-0.15, -0.1) is 11.3 Å². The van der Waals surface area contributed by atoms with Crippen molar-refractivity contribution in [1.29, 1.82) is 0 Å². The van der Waals surface area contributed by atoms with E-state index in [1.54, 1.807) is 23.5 Å². The Morgan fingerprint density at radius 1 is 1.16 bits per heavy atom. The zero-order valence-corrected chi connectivity index (χ0v) is 12.3. The summed E-state index contributed by atoms with van der Waals surface area (Å²) in [5.41, 5.74) is 1.08. The molecule has 1 aromatic heterocycles. The Morgan fingerprint density at radius 2 is 2.00 bits per heavy atom. The largest absolute Gasteiger partial charge is 0.486 e. The van der Waals surface area contributed by atoms with E-state index in [4.69, 9.17) is 4.74 Å². The van der Waals surface area contributed by atoms with E-state index in [0.717, 1.165) is 10.0 Å². The van der Waals surface area contributed by atoms with Gasteiger partial charge in [-0.05, 0) is 35.0 Å². The van der Waals surface area contributed by atoms with Crippen molar-refractivity contribution in [3.8, 4) is 5.75 Å². The molecule has 3 rings (SSSR count). The molecule has 0 amide bonds. The van der Waals surface area contributed by atoms with Crippen LogP contribution < -0.4 is 4.74 Å². The fourth-order valence-electron chi connectivity index (χ4n) is 1.89. The van der Waals surface area contributed by atoms with Crippen LogP contribution in [0.1, 0.15) is 5.56 Å². The molecule has 96 valence electrons. The van der Waals surface area contributed by atoms with Crippen LogP contribution in [-0.4, -0.2) is 0 Å². The molecule has 4 heteroatoms. The Hall–Kier alpha value is -1.39. The van der Waals surface area contributed by atoms with Gasteiger partial charge in [0.05, 0.1) is 0 Å². The van der Waals surface area contributed by atoms with Crippen LogP contribution in [0.25, 0.3) is 10.1 Å². The van der Waals surface area contributed by atoms with Gasteiger partial charge in [0, 0.05) is 14.7 Å². The molecule has 0 aliphatic heterocycles. The number of hydrogen-bond donors (Lipinski definition) is 0. The third-order valence-electron chi connectivity index (χ3n) is 2.84. The first-order valence-corrected chi connectivity index (χ1v) is 7.44. The Labute approximate surface area is 122 Å². The topological polar surface area (TPSA) is 9.23 Å². The Balaban J connectivity index is 1.84. The lowest BCUT2D eigenvalue weighted by Crippen LogP contribution is -1.96. The van der Waals surface area contributed by atoms with E-state index in [1.807, 2.05) is 12.1 Å². The second-order valence-electron chi connectivity index (χ2n) is 4.12. The summed E-state index contributed by atoms with van der Waals surface area (Å²) in [5, 5.41) is 3.23. The Bertz CT molecular complexity index is 723. The molecule has 0 saturated heterocycles. The molecule has 0 N–H and O–H groups in total. The molecule has 2 aromatic carbocycles. The maximum absolute atomic E-state index is 13.6. The van der Waals surface area contributed by atoms with Crippen molar-refractivity contribution in [2.75, 3.05) is 0 Å². The van der Waals surface area contributed by atoms with Crippen LogP contribution in [0.5, 0.6) is 5.75 Å². The summed E-state index contributed by atoms with van der Waals surface area (Å²) < 4.78 is 21.2. The van der Waals surface area contributed by atoms with E-state index in [9.17, 15) is 4.39 Å². The lowest BCUT2D eigenvalue weighted by atomic mass is 10.2. The van der Waals surface area contributed by atoms with Gasteiger partial charge in [0.1, 0.15) is 6.61 Å². The third-order valence-corrected chi connectivity index (χ3v) is 4.34. The molecule has 0 aliphatic carbocycles. The van der Waals surface area contributed by atoms with Gasteiger partial charge in [-0.1, -0.05) is 34.1 Å². The summed E-state index contributed by atoms with van der Waals surface area (Å²) in [7, 11) is 0. The van der Waals surface area contributed by atoms with Crippen molar-refractivity contribution < 1.29 is 9.13 Å². The van der Waals surface area contributed by atoms with Gasteiger partial charge in [0.15, 0.2) is 11.6 Å². The Kier molecular flexibility index (Phi) is 3.53. The van der Waals surface area contributed by atoms with E-state index in [1.165, 1.54) is 16.2 Å². The summed E-state index contributed by atoms with van der Waals surface area (Å²) in [4.78, 5) is 0. The van der Waals surface area contributed by atoms with Crippen molar-refractivity contribution in [1.82, 2.24) is 0 Å². The first-order chi connectivity index (χ1) is 9.24. The van der Waals surface area contributed by atoms with Gasteiger partial charge in [-0.2, -0.15) is 0 Å². The number of fused-ring (bicyclic) bond motifs is 1. The SMILES string of the molecule is Fc1ccc(Br)cc1OCc1csc2ccccc12. The van der Waals surface area contributed by atoms with Crippen LogP contribution in [0.15, 0.2) is 52.3 Å². The fourth-order valence-corrected chi connectivity index (χ4v) is 3.18. The van der Waals surface area contributed by atoms with Crippen LogP contribution in [0, 0.1) is 5.82 Å². The maximum Gasteiger partial charge on any atom is 0.165 e. The lowest BCUT2D eigenvalue weighted by molar-refractivity contribution is 0.292. The molecule has 0 radical (unpaired) electrons. The second kappa shape index (κ2) is 5.31. The first-order valence-electron chi connectivity index (χ1n) is 5.77. The Morgan fingerprint density at radius 3 is 2.89 bits per heavy atom. The van der Waals surface area contributed by atoms with E-state index in [0.29, 0.717) is 6.61 Å². The summed E-state index contributed by atoms with van der Waals surface area (Å²) >= 11 is 4.98. The molecule has 3 aromatic rings. The smallest absolute Gasteiger partial charge is 0.165 e. The summed E-state index contributed by atoms with van der Waals surface area (Å²) in [6.07, 6.45) is 0. The molecular formula is C15H10BrFOS. The van der Waals surface area contributed by atoms with Crippen molar-refractivity contribution in [3.63, 3.8) is 0 Å². The number of halogens is 2. The molecule has 19 heavy (non-hydrogen) atoms. The normalized spacial score (nSPS) is 10.8. The van der Waals surface area contributed by atoms with Crippen molar-refractivity contribution >= 4 is 37.4 Å². The van der Waals surface area contributed by atoms with Crippen LogP contribution in [0.4, 0.5) is 4.39 Å². The predicted molar refractivity (Wildman–Crippen MR) is 80.3 cm³/mol. The highest BCUT2D eigenvalue weighted by Crippen LogP contribution is 2.28. The highest BCUT2D eigenvalue weighted by molar-refractivity contribution is 9.10. The molecule has 0 aliphatic rings. The van der Waals surface area contributed by atoms with Gasteiger partial charge in [0.2, 0.25) is 0 Å². The van der Waals surface area contributed by atoms with Crippen molar-refractivity contribution in [2.24, 2.45) is 0 Å². The molecule has 0 fully saturated rings. The van der Waals surface area contributed by atoms with Gasteiger partial charge >= 0.3 is 0 Å². The van der Waals surface area contributed by atoms with E-state index in [-0.39, 0.29) is 11.6 Å². The minimum Gasteiger partial charge on any atom is -0.486 e. The molecule has 0 atom stereocenters. The molecule has 0 saturated carbocycles. The number of ether oxygens (including phenoxy) is 1. The summed E-state index contributed by atoms with van der Waals surface area (Å²) in [6, 6.07) is 12.8. The minimum atomic E-state index is -0.345. The van der Waals surface area contributed by atoms with Crippen LogP contribution in [-0.2, 0) is 6.61 Å². The highest BCUT2D eigenvalue weighted by Gasteiger charge is 2.07. The average molecular weight is 337 g/mol. The second-order valence-corrected chi connectivity index (χ2v) is 5.95. The van der Waals surface area contributed by atoms with E-state index in [2.05, 4.69) is 33.4 Å². The predicted octanol–water partition coefficient (Wildman–Crippen LogP) is 5.38. The molecular weight excluding hydrogens is 327 g/mol. The standard InChI is InChI=1S/C15H10BrFOS/c16-11-5-6-13(17)14(7-11)18-8-10-9-19-15-4-2-1-3-12(10)15/h1-7,9H,8H2. The maximum atomic E-state index is 13.6. The fraction of sp³-hybridized carbons (Fsp3) is 0.0667. The van der Waals surface area contributed by atoms with Crippen LogP contribution >= 0.6 is 27.3 Å². The van der Waals surface area contributed by atoms with Crippen LogP contribution in [0.3, 0.4) is 0 Å². The zero-order chi connectivity index (χ0) is 13.2. The third kappa shape index (κ3) is 2.65. The molecule has 0 spiro atoms. The number of rotatable bonds is 3. The van der Waals surface area contributed by atoms with E-state index < -0.39 is 0 Å². The molecule has 0 bridgehead atoms. The summed E-state index contributed by atoms with van der Waals surface area (Å²) in [6.45, 7) is 0.372. The van der Waals surface area contributed by atoms with Gasteiger partial charge in [-0.25, -0.2) is 4.39 Å². The molecule has 1 heterocycles. The zero-order valence-electron chi connectivity index (χ0n) is 9.90. The van der Waals surface area contributed by atoms with Gasteiger partial charge in [0.25, 0.3) is 0 Å². The van der Waals surface area contributed by atoms with E-state index >= 15 is 0 Å². The summed E-state index contributed by atoms with van der Waals surface area (Å²) in [5.74, 6) is -0.0765. The number of benzene rings is 2. The van der Waals surface area contributed by atoms with Crippen molar-refractivity contribution in [2.45, 2.75) is 6.61 Å². The van der Waals surface area contributed by atoms with Crippen LogP contribution in [0.2, 0.25) is 0 Å². The lowest BCUT2D eigenvalue weighted by Gasteiger charge is -2.07. The van der Waals surface area contributed by atoms with Gasteiger partial charge < -0.3 is 4.74 Å². The quantitative estimate of drug-likeness (QED) is 0.623. The minimum absolute atomic E-state index is 0.268. The first kappa shape index (κ1) is 12.6. The van der Waals surface area contributed by atoms with Crippen molar-refractivity contribution in [3.05, 3.63) is 63.7 Å². The average Bonchev–Trinajstić information content (AvgIpc) is 2.83. The monoisotopic (exact) mass is 336 g/mol. The number of hydrogen-bond acceptors (Lipinski definition) is 2. The molecule has 1 nitrogen and oxygen atoms in total. The molecule has 0 unspecified atom stereocenters.